The summed E-state index contributed by atoms with van der Waals surface area (Å²) in [5.41, 5.74) is 0.981. The first-order chi connectivity index (χ1) is 8.22. The number of benzene rings is 1. The molecule has 0 N–H and O–H groups in total. The molecule has 0 radical (unpaired) electrons. The van der Waals surface area contributed by atoms with Crippen molar-refractivity contribution in [2.24, 2.45) is 0 Å². The molecule has 1 aromatic heterocycles. The topological polar surface area (TPSA) is 25.8 Å². The van der Waals surface area contributed by atoms with Crippen LogP contribution < -0.4 is 0 Å². The second-order valence-electron chi connectivity index (χ2n) is 4.04. The zero-order valence-corrected chi connectivity index (χ0v) is 11.6. The highest BCUT2D eigenvalue weighted by atomic mass is 35.5. The quantitative estimate of drug-likeness (QED) is 0.617. The van der Waals surface area contributed by atoms with E-state index in [4.69, 9.17) is 11.6 Å². The first-order valence-corrected chi connectivity index (χ1v) is 7.08. The third-order valence-electron chi connectivity index (χ3n) is 2.67. The van der Waals surface area contributed by atoms with E-state index in [2.05, 4.69) is 29.3 Å². The third-order valence-corrected chi connectivity index (χ3v) is 4.05. The van der Waals surface area contributed by atoms with E-state index in [1.54, 1.807) is 11.8 Å². The molecule has 17 heavy (non-hydrogen) atoms. The number of nitrogens with zero attached hydrogens (tertiary/aromatic N) is 2. The average molecular weight is 267 g/mol. The number of rotatable bonds is 4. The number of halogens is 1. The Morgan fingerprint density at radius 1 is 1.24 bits per heavy atom. The lowest BCUT2D eigenvalue weighted by molar-refractivity contribution is 0.887. The highest BCUT2D eigenvalue weighted by Crippen LogP contribution is 2.30. The van der Waals surface area contributed by atoms with Crippen molar-refractivity contribution in [3.05, 3.63) is 30.0 Å². The van der Waals surface area contributed by atoms with Gasteiger partial charge in [0.2, 0.25) is 0 Å². The van der Waals surface area contributed by atoms with Crippen molar-refractivity contribution < 1.29 is 0 Å². The van der Waals surface area contributed by atoms with E-state index in [1.165, 1.54) is 10.8 Å². The van der Waals surface area contributed by atoms with Gasteiger partial charge in [-0.3, -0.25) is 0 Å². The molecule has 0 amide bonds. The van der Waals surface area contributed by atoms with E-state index in [9.17, 15) is 0 Å². The molecule has 0 aliphatic carbocycles. The lowest BCUT2D eigenvalue weighted by atomic mass is 10.1. The van der Waals surface area contributed by atoms with Crippen molar-refractivity contribution in [1.82, 2.24) is 10.2 Å². The molecule has 1 atom stereocenters. The van der Waals surface area contributed by atoms with E-state index in [0.29, 0.717) is 11.1 Å². The van der Waals surface area contributed by atoms with Gasteiger partial charge < -0.3 is 0 Å². The molecule has 0 aliphatic rings. The van der Waals surface area contributed by atoms with Gasteiger partial charge in [-0.25, -0.2) is 0 Å². The van der Waals surface area contributed by atoms with E-state index >= 15 is 0 Å². The summed E-state index contributed by atoms with van der Waals surface area (Å²) >= 11 is 7.50. The van der Waals surface area contributed by atoms with Gasteiger partial charge in [0.1, 0.15) is 5.03 Å². The second kappa shape index (κ2) is 5.69. The average Bonchev–Trinajstić information content (AvgIpc) is 2.34. The molecule has 0 saturated heterocycles. The van der Waals surface area contributed by atoms with Gasteiger partial charge in [0.25, 0.3) is 0 Å². The second-order valence-corrected chi connectivity index (χ2v) is 5.85. The fourth-order valence-corrected chi connectivity index (χ4v) is 3.17. The Morgan fingerprint density at radius 3 is 2.65 bits per heavy atom. The van der Waals surface area contributed by atoms with Crippen LogP contribution in [0.15, 0.2) is 29.3 Å². The number of thioether (sulfide) groups is 1. The third kappa shape index (κ3) is 2.90. The van der Waals surface area contributed by atoms with E-state index in [-0.39, 0.29) is 0 Å². The first-order valence-electron chi connectivity index (χ1n) is 5.67. The van der Waals surface area contributed by atoms with Gasteiger partial charge in [-0.1, -0.05) is 31.2 Å². The van der Waals surface area contributed by atoms with Crippen LogP contribution in [0.25, 0.3) is 10.8 Å². The summed E-state index contributed by atoms with van der Waals surface area (Å²) in [7, 11) is 0. The van der Waals surface area contributed by atoms with Crippen LogP contribution in [0.4, 0.5) is 0 Å². The van der Waals surface area contributed by atoms with Gasteiger partial charge in [0.15, 0.2) is 0 Å². The van der Waals surface area contributed by atoms with Crippen molar-refractivity contribution in [2.75, 3.05) is 5.88 Å². The summed E-state index contributed by atoms with van der Waals surface area (Å²) in [6.07, 6.45) is 0.982. The SMILES string of the molecule is Cc1nnc(SC(C)CCCl)c2ccccc12. The molecule has 0 saturated carbocycles. The van der Waals surface area contributed by atoms with Gasteiger partial charge >= 0.3 is 0 Å². The predicted molar refractivity (Wildman–Crippen MR) is 74.9 cm³/mol. The number of alkyl halides is 1. The fourth-order valence-electron chi connectivity index (χ4n) is 1.70. The van der Waals surface area contributed by atoms with Crippen LogP contribution >= 0.6 is 23.4 Å². The molecule has 1 unspecified atom stereocenters. The molecule has 2 rings (SSSR count). The Morgan fingerprint density at radius 2 is 1.94 bits per heavy atom. The molecule has 0 fully saturated rings. The summed E-state index contributed by atoms with van der Waals surface area (Å²) < 4.78 is 0. The number of aromatic nitrogens is 2. The van der Waals surface area contributed by atoms with Crippen molar-refractivity contribution in [3.8, 4) is 0 Å². The molecular weight excluding hydrogens is 252 g/mol. The maximum absolute atomic E-state index is 5.76. The van der Waals surface area contributed by atoms with Gasteiger partial charge in [-0.15, -0.1) is 28.5 Å². The van der Waals surface area contributed by atoms with Gasteiger partial charge in [0.05, 0.1) is 5.69 Å². The fraction of sp³-hybridized carbons (Fsp3) is 0.385. The lowest BCUT2D eigenvalue weighted by Gasteiger charge is -2.10. The molecule has 0 spiro atoms. The van der Waals surface area contributed by atoms with Crippen LogP contribution in [-0.2, 0) is 0 Å². The minimum atomic E-state index is 0.466. The first kappa shape index (κ1) is 12.7. The van der Waals surface area contributed by atoms with E-state index in [0.717, 1.165) is 17.1 Å². The Kier molecular flexibility index (Phi) is 4.24. The van der Waals surface area contributed by atoms with Gasteiger partial charge in [0, 0.05) is 21.9 Å². The zero-order chi connectivity index (χ0) is 12.3. The number of aryl methyl sites for hydroxylation is 1. The standard InChI is InChI=1S/C13H15ClN2S/c1-9(7-8-14)17-13-12-6-4-3-5-11(12)10(2)15-16-13/h3-6,9H,7-8H2,1-2H3. The molecule has 1 aromatic carbocycles. The van der Waals surface area contributed by atoms with Crippen molar-refractivity contribution >= 4 is 34.1 Å². The summed E-state index contributed by atoms with van der Waals surface area (Å²) in [5.74, 6) is 0.686. The highest BCUT2D eigenvalue weighted by Gasteiger charge is 2.10. The summed E-state index contributed by atoms with van der Waals surface area (Å²) in [4.78, 5) is 0. The van der Waals surface area contributed by atoms with E-state index in [1.807, 2.05) is 19.1 Å². The molecular formula is C13H15ClN2S. The van der Waals surface area contributed by atoms with Crippen LogP contribution in [-0.4, -0.2) is 21.3 Å². The van der Waals surface area contributed by atoms with Crippen LogP contribution in [0.1, 0.15) is 19.0 Å². The number of fused-ring (bicyclic) bond motifs is 1. The Labute approximate surface area is 111 Å². The highest BCUT2D eigenvalue weighted by molar-refractivity contribution is 8.00. The number of hydrogen-bond acceptors (Lipinski definition) is 3. The molecule has 0 bridgehead atoms. The van der Waals surface area contributed by atoms with Crippen molar-refractivity contribution in [3.63, 3.8) is 0 Å². The van der Waals surface area contributed by atoms with Gasteiger partial charge in [-0.05, 0) is 13.3 Å². The normalized spacial score (nSPS) is 12.9. The summed E-state index contributed by atoms with van der Waals surface area (Å²) in [6.45, 7) is 4.16. The molecule has 90 valence electrons. The van der Waals surface area contributed by atoms with Crippen molar-refractivity contribution in [1.29, 1.82) is 0 Å². The van der Waals surface area contributed by atoms with Crippen LogP contribution in [0.3, 0.4) is 0 Å². The van der Waals surface area contributed by atoms with Crippen LogP contribution in [0.5, 0.6) is 0 Å². The predicted octanol–water partition coefficient (Wildman–Crippen LogP) is 4.05. The maximum Gasteiger partial charge on any atom is 0.127 e. The molecule has 2 aromatic rings. The molecule has 4 heteroatoms. The van der Waals surface area contributed by atoms with Crippen LogP contribution in [0, 0.1) is 6.92 Å². The lowest BCUT2D eigenvalue weighted by Crippen LogP contribution is -2.00. The zero-order valence-electron chi connectivity index (χ0n) is 9.98. The molecule has 1 heterocycles. The Bertz CT molecular complexity index is 516. The van der Waals surface area contributed by atoms with Gasteiger partial charge in [-0.2, -0.15) is 5.10 Å². The number of hydrogen-bond donors (Lipinski definition) is 0. The largest absolute Gasteiger partial charge is 0.154 e. The summed E-state index contributed by atoms with van der Waals surface area (Å²) in [5, 5.41) is 12.4. The minimum absolute atomic E-state index is 0.466. The van der Waals surface area contributed by atoms with E-state index < -0.39 is 0 Å². The molecule has 0 aliphatic heterocycles. The minimum Gasteiger partial charge on any atom is -0.154 e. The maximum atomic E-state index is 5.76. The monoisotopic (exact) mass is 266 g/mol. The summed E-state index contributed by atoms with van der Waals surface area (Å²) in [6, 6.07) is 8.27. The van der Waals surface area contributed by atoms with Crippen LogP contribution in [0.2, 0.25) is 0 Å². The Balaban J connectivity index is 2.38. The Hall–Kier alpha value is -0.800. The molecule has 2 nitrogen and oxygen atoms in total. The van der Waals surface area contributed by atoms with Crippen molar-refractivity contribution in [2.45, 2.75) is 30.5 Å². The smallest absolute Gasteiger partial charge is 0.127 e.